The lowest BCUT2D eigenvalue weighted by Gasteiger charge is -2.43. The van der Waals surface area contributed by atoms with Crippen LogP contribution in [0, 0.1) is 0 Å². The number of esters is 1. The number of aliphatic hydroxyl groups is 2. The molecule has 0 bridgehead atoms. The van der Waals surface area contributed by atoms with E-state index in [-0.39, 0.29) is 47.0 Å². The summed E-state index contributed by atoms with van der Waals surface area (Å²) >= 11 is 0. The van der Waals surface area contributed by atoms with Crippen LogP contribution in [0.25, 0.3) is 66.8 Å². The van der Waals surface area contributed by atoms with Gasteiger partial charge >= 0.3 is 12.1 Å². The molecule has 0 saturated carbocycles. The Hall–Kier alpha value is -10.6. The Labute approximate surface area is 606 Å². The topological polar surface area (TPSA) is 101 Å². The monoisotopic (exact) mass is 1350 g/mol. The van der Waals surface area contributed by atoms with Crippen molar-refractivity contribution < 1.29 is 29.3 Å². The first-order valence-corrected chi connectivity index (χ1v) is 37.2. The van der Waals surface area contributed by atoms with Crippen LogP contribution < -0.4 is 0 Å². The normalized spacial score (nSPS) is 14.9. The highest BCUT2D eigenvalue weighted by molar-refractivity contribution is 5.88. The molecule has 2 N–H and O–H groups in total. The summed E-state index contributed by atoms with van der Waals surface area (Å²) in [4.78, 5) is 29.1. The summed E-state index contributed by atoms with van der Waals surface area (Å²) < 4.78 is 5.46. The number of hydrogen-bond acceptors (Lipinski definition) is 6. The molecule has 12 aromatic carbocycles. The van der Waals surface area contributed by atoms with Crippen molar-refractivity contribution in [2.45, 2.75) is 124 Å². The minimum atomic E-state index is -0.293. The van der Waals surface area contributed by atoms with Gasteiger partial charge in [-0.05, 0) is 198 Å². The SMILES string of the molecule is CCCCC1(CC2(CCC(=O)OCC)c3ccccc3-c3ccccc32)c2ccccc2-c2ccccc21.O=C=O.OCCCC1(CC2(CCCO)c3ccccc3-c3ccccc32)c2ccccc2-c2ccccc21.c1ccc2c(c1)-c1ccccc1C2CC1c2ccccc2-c2ccccc21. The van der Waals surface area contributed by atoms with Crippen molar-refractivity contribution in [1.29, 1.82) is 0 Å². The molecule has 18 rings (SSSR count). The van der Waals surface area contributed by atoms with Crippen molar-refractivity contribution in [2.75, 3.05) is 19.8 Å². The van der Waals surface area contributed by atoms with Gasteiger partial charge in [-0.2, -0.15) is 9.59 Å². The maximum Gasteiger partial charge on any atom is 0.373 e. The third kappa shape index (κ3) is 11.7. The molecule has 0 saturated heterocycles. The lowest BCUT2D eigenvalue weighted by Crippen LogP contribution is -2.38. The van der Waals surface area contributed by atoms with Crippen LogP contribution in [0.2, 0.25) is 0 Å². The van der Waals surface area contributed by atoms with Crippen molar-refractivity contribution in [3.63, 3.8) is 0 Å². The average molecular weight is 1350 g/mol. The fourth-order valence-electron chi connectivity index (χ4n) is 19.9. The van der Waals surface area contributed by atoms with Crippen molar-refractivity contribution >= 4 is 12.1 Å². The summed E-state index contributed by atoms with van der Waals surface area (Å²) in [6.07, 6.45) is 11.0. The van der Waals surface area contributed by atoms with Gasteiger partial charge in [-0.1, -0.05) is 311 Å². The van der Waals surface area contributed by atoms with Crippen LogP contribution in [-0.2, 0) is 40.8 Å². The molecule has 6 aliphatic rings. The molecule has 103 heavy (non-hydrogen) atoms. The van der Waals surface area contributed by atoms with Crippen LogP contribution in [0.4, 0.5) is 0 Å². The summed E-state index contributed by atoms with van der Waals surface area (Å²) in [5, 5.41) is 20.0. The third-order valence-corrected chi connectivity index (χ3v) is 23.8. The van der Waals surface area contributed by atoms with E-state index in [2.05, 4.69) is 298 Å². The molecule has 0 radical (unpaired) electrons. The Morgan fingerprint density at radius 2 is 0.534 bits per heavy atom. The van der Waals surface area contributed by atoms with Gasteiger partial charge < -0.3 is 14.9 Å². The van der Waals surface area contributed by atoms with Gasteiger partial charge in [0.2, 0.25) is 0 Å². The van der Waals surface area contributed by atoms with Gasteiger partial charge in [0.05, 0.1) is 6.61 Å². The molecule has 12 aromatic rings. The smallest absolute Gasteiger partial charge is 0.373 e. The molecular weight excluding hydrogens is 1260 g/mol. The van der Waals surface area contributed by atoms with E-state index >= 15 is 0 Å². The van der Waals surface area contributed by atoms with Gasteiger partial charge in [0.25, 0.3) is 0 Å². The van der Waals surface area contributed by atoms with E-state index < -0.39 is 0 Å². The Morgan fingerprint density at radius 1 is 0.320 bits per heavy atom. The molecule has 6 heteroatoms. The minimum absolute atomic E-state index is 0.108. The largest absolute Gasteiger partial charge is 0.466 e. The zero-order valence-electron chi connectivity index (χ0n) is 59.0. The first kappa shape index (κ1) is 68.2. The number of fused-ring (bicyclic) bond motifs is 18. The second kappa shape index (κ2) is 29.4. The molecule has 512 valence electrons. The van der Waals surface area contributed by atoms with Crippen molar-refractivity contribution in [3.8, 4) is 66.8 Å². The summed E-state index contributed by atoms with van der Waals surface area (Å²) in [6.45, 7) is 4.96. The first-order chi connectivity index (χ1) is 50.7. The molecule has 0 atom stereocenters. The summed E-state index contributed by atoms with van der Waals surface area (Å²) in [7, 11) is 0. The standard InChI is InChI=1S/C36H36O2.C33H32O2.C27H20.CO2/c1-3-5-23-35(30-18-10-6-14-26(30)27-15-7-11-19-31(27)35)25-36(24-22-34(37)38-4-2)32-20-12-8-16-28(32)29-17-9-13-21-33(29)36;34-21-9-19-32(28-15-5-1-11-24(28)25-12-2-6-16-29(25)32)23-33(20-10-22-35)30-17-7-3-13-26(30)27-14-4-8-18-31(27)33;1-5-13-22-18(9-1)19-10-2-6-14-23(19)26(22)17-27-24-15-7-3-11-20(24)21-12-4-8-16-25(21)27;2-1-3/h6-21H,3-5,22-25H2,1-2H3;1-8,11-18,34-35H,9-10,19-23H2;1-16,26-27H,17H2;. The lowest BCUT2D eigenvalue weighted by molar-refractivity contribution is -0.191. The number of aliphatic hydroxyl groups excluding tert-OH is 2. The Balaban J connectivity index is 0.000000124. The number of hydrogen-bond donors (Lipinski definition) is 2. The molecule has 6 aliphatic carbocycles. The van der Waals surface area contributed by atoms with Crippen LogP contribution >= 0.6 is 0 Å². The second-order valence-electron chi connectivity index (χ2n) is 28.9. The van der Waals surface area contributed by atoms with Crippen molar-refractivity contribution in [3.05, 3.63) is 358 Å². The van der Waals surface area contributed by atoms with Crippen molar-refractivity contribution in [1.82, 2.24) is 0 Å². The maximum atomic E-state index is 12.8. The van der Waals surface area contributed by atoms with Crippen LogP contribution in [0.15, 0.2) is 291 Å². The van der Waals surface area contributed by atoms with E-state index in [9.17, 15) is 15.0 Å². The quantitative estimate of drug-likeness (QED) is 0.0783. The number of carbonyl (C=O) groups is 1. The van der Waals surface area contributed by atoms with Crippen molar-refractivity contribution in [2.24, 2.45) is 0 Å². The molecule has 0 unspecified atom stereocenters. The molecule has 0 aromatic heterocycles. The second-order valence-corrected chi connectivity index (χ2v) is 28.9. The molecule has 0 aliphatic heterocycles. The van der Waals surface area contributed by atoms with Gasteiger partial charge in [-0.15, -0.1) is 0 Å². The van der Waals surface area contributed by atoms with Crippen LogP contribution in [0.1, 0.15) is 169 Å². The predicted molar refractivity (Wildman–Crippen MR) is 415 cm³/mol. The van der Waals surface area contributed by atoms with Gasteiger partial charge in [-0.3, -0.25) is 4.79 Å². The molecule has 0 heterocycles. The van der Waals surface area contributed by atoms with Crippen LogP contribution in [-0.4, -0.2) is 42.2 Å². The minimum Gasteiger partial charge on any atom is -0.466 e. The van der Waals surface area contributed by atoms with E-state index in [1.807, 2.05) is 6.92 Å². The molecule has 6 nitrogen and oxygen atoms in total. The van der Waals surface area contributed by atoms with E-state index in [1.165, 1.54) is 134 Å². The van der Waals surface area contributed by atoms with Gasteiger partial charge in [-0.25, -0.2) is 0 Å². The lowest BCUT2D eigenvalue weighted by atomic mass is 9.59. The fraction of sp³-hybridized carbons (Fsp3) is 0.237. The van der Waals surface area contributed by atoms with E-state index in [0.717, 1.165) is 70.6 Å². The number of ether oxygens (including phenoxy) is 1. The zero-order chi connectivity index (χ0) is 70.6. The molecule has 0 amide bonds. The Bertz CT molecular complexity index is 4650. The maximum absolute atomic E-state index is 12.8. The third-order valence-electron chi connectivity index (χ3n) is 23.8. The number of rotatable bonds is 19. The Kier molecular flexibility index (Phi) is 19.5. The highest BCUT2D eigenvalue weighted by atomic mass is 16.5. The van der Waals surface area contributed by atoms with E-state index in [1.54, 1.807) is 0 Å². The van der Waals surface area contributed by atoms with E-state index in [4.69, 9.17) is 14.3 Å². The van der Waals surface area contributed by atoms with Gasteiger partial charge in [0.15, 0.2) is 0 Å². The zero-order valence-corrected chi connectivity index (χ0v) is 59.0. The molecule has 0 fully saturated rings. The summed E-state index contributed by atoms with van der Waals surface area (Å²) in [5.41, 5.74) is 32.4. The predicted octanol–water partition coefficient (Wildman–Crippen LogP) is 22.1. The van der Waals surface area contributed by atoms with Gasteiger partial charge in [0, 0.05) is 53.1 Å². The summed E-state index contributed by atoms with van der Waals surface area (Å²) in [6, 6.07) is 107. The van der Waals surface area contributed by atoms with Crippen LogP contribution in [0.3, 0.4) is 0 Å². The molecular formula is C97H88O6. The number of benzene rings is 12. The molecule has 0 spiro atoms. The highest BCUT2D eigenvalue weighted by Crippen LogP contribution is 2.65. The van der Waals surface area contributed by atoms with Crippen LogP contribution in [0.5, 0.6) is 0 Å². The van der Waals surface area contributed by atoms with E-state index in [0.29, 0.717) is 24.9 Å². The number of unbranched alkanes of at least 4 members (excludes halogenated alkanes) is 1. The fourth-order valence-corrected chi connectivity index (χ4v) is 19.9. The van der Waals surface area contributed by atoms with Gasteiger partial charge in [0.1, 0.15) is 0 Å². The number of carbonyl (C=O) groups excluding carboxylic acids is 3. The summed E-state index contributed by atoms with van der Waals surface area (Å²) in [5.74, 6) is 0.812. The first-order valence-electron chi connectivity index (χ1n) is 37.2. The Morgan fingerprint density at radius 3 is 0.767 bits per heavy atom. The average Bonchev–Trinajstić information content (AvgIpc) is 1.55. The highest BCUT2D eigenvalue weighted by Gasteiger charge is 2.54.